The predicted octanol–water partition coefficient (Wildman–Crippen LogP) is 1.03. The van der Waals surface area contributed by atoms with Gasteiger partial charge in [-0.1, -0.05) is 0 Å². The molecule has 0 saturated carbocycles. The summed E-state index contributed by atoms with van der Waals surface area (Å²) in [5.41, 5.74) is 10.8. The van der Waals surface area contributed by atoms with Crippen LogP contribution >= 0.6 is 0 Å². The van der Waals surface area contributed by atoms with Gasteiger partial charge in [0.15, 0.2) is 0 Å². The van der Waals surface area contributed by atoms with Crippen LogP contribution < -0.4 is 11.5 Å². The van der Waals surface area contributed by atoms with Gasteiger partial charge in [0.2, 0.25) is 0 Å². The van der Waals surface area contributed by atoms with E-state index < -0.39 is 11.9 Å². The normalized spacial score (nSPS) is 9.33. The fourth-order valence-electron chi connectivity index (χ4n) is 1.26. The molecule has 0 aliphatic rings. The van der Waals surface area contributed by atoms with Crippen LogP contribution in [-0.2, 0) is 0 Å². The highest BCUT2D eigenvalue weighted by Crippen LogP contribution is 2.19. The average Bonchev–Trinajstić information content (AvgIpc) is 2.39. The first-order chi connectivity index (χ1) is 9.81. The number of carboxylic acids is 2. The van der Waals surface area contributed by atoms with Crippen molar-refractivity contribution in [1.82, 2.24) is 4.98 Å². The van der Waals surface area contributed by atoms with E-state index in [9.17, 15) is 9.59 Å². The van der Waals surface area contributed by atoms with Gasteiger partial charge in [-0.3, -0.25) is 0 Å². The summed E-state index contributed by atoms with van der Waals surface area (Å²) >= 11 is 0. The molecule has 1 heterocycles. The summed E-state index contributed by atoms with van der Waals surface area (Å²) in [6.07, 6.45) is 1.22. The number of nitrogens with two attached hydrogens (primary N) is 2. The molecular formula is C13H13N3O5. The van der Waals surface area contributed by atoms with Crippen LogP contribution in [0.25, 0.3) is 0 Å². The number of nitrogen functional groups attached to an aromatic ring is 2. The standard InChI is InChI=1S/C7H7NO3.C6H6N2O2/c8-4-1-2-5(7(10)11)6(9)3-4;7-5-2-1-4(3-8-5)6(9)10/h1-3,9H,8H2,(H,10,11);1-3H,(H2,7,8)(H,9,10). The molecule has 7 N–H and O–H groups in total. The average molecular weight is 291 g/mol. The summed E-state index contributed by atoms with van der Waals surface area (Å²) in [6.45, 7) is 0. The lowest BCUT2D eigenvalue weighted by molar-refractivity contribution is 0.0684. The Morgan fingerprint density at radius 2 is 1.67 bits per heavy atom. The van der Waals surface area contributed by atoms with E-state index in [0.29, 0.717) is 11.5 Å². The SMILES string of the molecule is Nc1ccc(C(=O)O)c(O)c1.Nc1ccc(C(=O)O)cn1. The van der Waals surface area contributed by atoms with E-state index in [-0.39, 0.29) is 16.9 Å². The van der Waals surface area contributed by atoms with Gasteiger partial charge in [-0.25, -0.2) is 14.6 Å². The van der Waals surface area contributed by atoms with E-state index in [1.54, 1.807) is 0 Å². The number of benzene rings is 1. The molecule has 21 heavy (non-hydrogen) atoms. The maximum Gasteiger partial charge on any atom is 0.339 e. The van der Waals surface area contributed by atoms with Crippen molar-refractivity contribution in [3.63, 3.8) is 0 Å². The van der Waals surface area contributed by atoms with Gasteiger partial charge in [-0.05, 0) is 24.3 Å². The molecule has 110 valence electrons. The summed E-state index contributed by atoms with van der Waals surface area (Å²) in [6, 6.07) is 6.73. The second-order valence-electron chi connectivity index (χ2n) is 3.86. The van der Waals surface area contributed by atoms with Gasteiger partial charge in [0.25, 0.3) is 0 Å². The lowest BCUT2D eigenvalue weighted by Gasteiger charge is -1.98. The summed E-state index contributed by atoms with van der Waals surface area (Å²) in [7, 11) is 0. The van der Waals surface area contributed by atoms with Crippen LogP contribution in [0, 0.1) is 0 Å². The van der Waals surface area contributed by atoms with Crippen molar-refractivity contribution in [2.75, 3.05) is 11.5 Å². The lowest BCUT2D eigenvalue weighted by Crippen LogP contribution is -1.98. The molecule has 0 bridgehead atoms. The third-order valence-corrected chi connectivity index (χ3v) is 2.29. The molecule has 0 atom stereocenters. The molecule has 1 aromatic heterocycles. The Kier molecular flexibility index (Phi) is 5.07. The zero-order valence-electron chi connectivity index (χ0n) is 10.7. The first kappa shape index (κ1) is 15.8. The number of pyridine rings is 1. The highest BCUT2D eigenvalue weighted by molar-refractivity contribution is 5.91. The van der Waals surface area contributed by atoms with Gasteiger partial charge in [0, 0.05) is 18.0 Å². The molecular weight excluding hydrogens is 278 g/mol. The maximum atomic E-state index is 10.3. The van der Waals surface area contributed by atoms with Crippen molar-refractivity contribution in [3.05, 3.63) is 47.7 Å². The summed E-state index contributed by atoms with van der Waals surface area (Å²) < 4.78 is 0. The fraction of sp³-hybridized carbons (Fsp3) is 0. The number of nitrogens with zero attached hydrogens (tertiary/aromatic N) is 1. The molecule has 2 aromatic rings. The van der Waals surface area contributed by atoms with Gasteiger partial charge in [-0.15, -0.1) is 0 Å². The topological polar surface area (TPSA) is 160 Å². The maximum absolute atomic E-state index is 10.3. The minimum absolute atomic E-state index is 0.140. The Morgan fingerprint density at radius 1 is 1.00 bits per heavy atom. The molecule has 0 unspecified atom stereocenters. The molecule has 0 amide bonds. The first-order valence-corrected chi connectivity index (χ1v) is 5.58. The molecule has 8 nitrogen and oxygen atoms in total. The first-order valence-electron chi connectivity index (χ1n) is 5.58. The number of aromatic carboxylic acids is 2. The second-order valence-corrected chi connectivity index (χ2v) is 3.86. The highest BCUT2D eigenvalue weighted by Gasteiger charge is 2.07. The molecule has 0 spiro atoms. The zero-order valence-corrected chi connectivity index (χ0v) is 10.7. The molecule has 0 radical (unpaired) electrons. The lowest BCUT2D eigenvalue weighted by atomic mass is 10.2. The zero-order chi connectivity index (χ0) is 16.0. The van der Waals surface area contributed by atoms with E-state index in [0.717, 1.165) is 0 Å². The number of carbonyl (C=O) groups is 2. The van der Waals surface area contributed by atoms with E-state index >= 15 is 0 Å². The van der Waals surface area contributed by atoms with Gasteiger partial charge < -0.3 is 26.8 Å². The number of aromatic hydroxyl groups is 1. The van der Waals surface area contributed by atoms with Crippen molar-refractivity contribution >= 4 is 23.4 Å². The Hall–Kier alpha value is -3.29. The Labute approximate surface area is 119 Å². The van der Waals surface area contributed by atoms with Crippen LogP contribution in [0.2, 0.25) is 0 Å². The largest absolute Gasteiger partial charge is 0.507 e. The van der Waals surface area contributed by atoms with E-state index in [2.05, 4.69) is 4.98 Å². The molecule has 1 aromatic carbocycles. The van der Waals surface area contributed by atoms with E-state index in [1.807, 2.05) is 0 Å². The highest BCUT2D eigenvalue weighted by atomic mass is 16.4. The fourth-order valence-corrected chi connectivity index (χ4v) is 1.26. The molecule has 0 aliphatic heterocycles. The Bertz CT molecular complexity index is 655. The minimum Gasteiger partial charge on any atom is -0.507 e. The smallest absolute Gasteiger partial charge is 0.339 e. The second kappa shape index (κ2) is 6.75. The van der Waals surface area contributed by atoms with Crippen LogP contribution in [0.15, 0.2) is 36.5 Å². The van der Waals surface area contributed by atoms with Gasteiger partial charge in [0.1, 0.15) is 17.1 Å². The predicted molar refractivity (Wildman–Crippen MR) is 75.1 cm³/mol. The molecule has 0 aliphatic carbocycles. The Morgan fingerprint density at radius 3 is 2.10 bits per heavy atom. The van der Waals surface area contributed by atoms with Gasteiger partial charge >= 0.3 is 11.9 Å². The number of rotatable bonds is 2. The van der Waals surface area contributed by atoms with Crippen molar-refractivity contribution in [1.29, 1.82) is 0 Å². The van der Waals surface area contributed by atoms with Crippen molar-refractivity contribution < 1.29 is 24.9 Å². The van der Waals surface area contributed by atoms with Crippen LogP contribution in [0.3, 0.4) is 0 Å². The van der Waals surface area contributed by atoms with E-state index in [1.165, 1.54) is 36.5 Å². The summed E-state index contributed by atoms with van der Waals surface area (Å²) in [5, 5.41) is 25.9. The van der Waals surface area contributed by atoms with Crippen molar-refractivity contribution in [3.8, 4) is 5.75 Å². The van der Waals surface area contributed by atoms with Crippen LogP contribution in [-0.4, -0.2) is 32.2 Å². The summed E-state index contributed by atoms with van der Waals surface area (Å²) in [5.74, 6) is -2.14. The number of carboxylic acid groups (broad SMARTS) is 2. The monoisotopic (exact) mass is 291 g/mol. The Balaban J connectivity index is 0.000000211. The number of hydrogen-bond donors (Lipinski definition) is 5. The number of hydrogen-bond acceptors (Lipinski definition) is 6. The number of aromatic nitrogens is 1. The number of anilines is 2. The molecule has 2 rings (SSSR count). The quantitative estimate of drug-likeness (QED) is 0.513. The molecule has 0 saturated heterocycles. The molecule has 0 fully saturated rings. The minimum atomic E-state index is -1.16. The van der Waals surface area contributed by atoms with Crippen LogP contribution in [0.4, 0.5) is 11.5 Å². The third-order valence-electron chi connectivity index (χ3n) is 2.29. The molecule has 8 heteroatoms. The van der Waals surface area contributed by atoms with Gasteiger partial charge in [-0.2, -0.15) is 0 Å². The van der Waals surface area contributed by atoms with Crippen molar-refractivity contribution in [2.24, 2.45) is 0 Å². The third kappa shape index (κ3) is 4.71. The van der Waals surface area contributed by atoms with Crippen LogP contribution in [0.5, 0.6) is 5.75 Å². The van der Waals surface area contributed by atoms with E-state index in [4.69, 9.17) is 26.8 Å². The summed E-state index contributed by atoms with van der Waals surface area (Å²) in [4.78, 5) is 24.2. The number of phenols is 1. The van der Waals surface area contributed by atoms with Crippen LogP contribution in [0.1, 0.15) is 20.7 Å². The van der Waals surface area contributed by atoms with Gasteiger partial charge in [0.05, 0.1) is 5.56 Å². The van der Waals surface area contributed by atoms with Crippen molar-refractivity contribution in [2.45, 2.75) is 0 Å².